The summed E-state index contributed by atoms with van der Waals surface area (Å²) in [6.07, 6.45) is 1.73. The van der Waals surface area contributed by atoms with Crippen LogP contribution in [0.15, 0.2) is 45.7 Å². The molecule has 3 rings (SSSR count). The number of nitrogens with one attached hydrogen (secondary N) is 1. The van der Waals surface area contributed by atoms with Crippen molar-refractivity contribution in [2.75, 3.05) is 11.9 Å². The fourth-order valence-electron chi connectivity index (χ4n) is 2.33. The van der Waals surface area contributed by atoms with E-state index in [2.05, 4.69) is 5.32 Å². The molecule has 2 amide bonds. The lowest BCUT2D eigenvalue weighted by Gasteiger charge is -2.09. The van der Waals surface area contributed by atoms with Crippen molar-refractivity contribution in [3.8, 4) is 0 Å². The minimum atomic E-state index is -0.716. The number of hydrogen-bond acceptors (Lipinski definition) is 7. The molecule has 138 valence electrons. The van der Waals surface area contributed by atoms with E-state index < -0.39 is 16.7 Å². The maximum atomic E-state index is 12.2. The van der Waals surface area contributed by atoms with Gasteiger partial charge in [-0.15, -0.1) is 0 Å². The Labute approximate surface area is 163 Å². The monoisotopic (exact) mass is 403 g/mol. The number of thiocarbonyl (C=S) groups is 1. The summed E-state index contributed by atoms with van der Waals surface area (Å²) in [5, 5.41) is 13.2. The van der Waals surface area contributed by atoms with Gasteiger partial charge in [-0.2, -0.15) is 0 Å². The van der Waals surface area contributed by atoms with E-state index in [1.54, 1.807) is 30.3 Å². The molecule has 0 radical (unpaired) electrons. The largest absolute Gasteiger partial charge is 0.433 e. The number of nitro groups is 1. The van der Waals surface area contributed by atoms with Crippen molar-refractivity contribution in [3.63, 3.8) is 0 Å². The van der Waals surface area contributed by atoms with Crippen molar-refractivity contribution >= 4 is 57.8 Å². The van der Waals surface area contributed by atoms with Gasteiger partial charge in [-0.1, -0.05) is 36.1 Å². The number of carbonyl (C=O) groups is 2. The van der Waals surface area contributed by atoms with Crippen LogP contribution in [0.3, 0.4) is 0 Å². The third-order valence-electron chi connectivity index (χ3n) is 3.65. The van der Waals surface area contributed by atoms with Crippen molar-refractivity contribution in [1.82, 2.24) is 4.90 Å². The molecule has 0 unspecified atom stereocenters. The van der Waals surface area contributed by atoms with Crippen molar-refractivity contribution in [3.05, 3.63) is 62.7 Å². The molecule has 0 aliphatic carbocycles. The first-order valence-electron chi connectivity index (χ1n) is 7.80. The maximum Gasteiger partial charge on any atom is 0.433 e. The van der Waals surface area contributed by atoms with Crippen LogP contribution >= 0.6 is 24.0 Å². The number of nitrogens with zero attached hydrogens (tertiary/aromatic N) is 2. The minimum Gasteiger partial charge on any atom is -0.395 e. The van der Waals surface area contributed by atoms with Crippen LogP contribution in [0.2, 0.25) is 0 Å². The lowest BCUT2D eigenvalue weighted by atomic mass is 10.2. The Morgan fingerprint density at radius 1 is 1.33 bits per heavy atom. The lowest BCUT2D eigenvalue weighted by molar-refractivity contribution is -0.402. The Bertz CT molecular complexity index is 965. The molecule has 1 N–H and O–H groups in total. The average Bonchev–Trinajstić information content (AvgIpc) is 3.22. The van der Waals surface area contributed by atoms with E-state index in [-0.39, 0.29) is 11.7 Å². The number of furan rings is 1. The molecule has 1 aromatic heterocycles. The van der Waals surface area contributed by atoms with Crippen molar-refractivity contribution in [1.29, 1.82) is 0 Å². The van der Waals surface area contributed by atoms with Crippen LogP contribution < -0.4 is 5.32 Å². The number of likely N-dealkylation sites (N-methyl/N-ethyl adjacent to an activating group) is 1. The summed E-state index contributed by atoms with van der Waals surface area (Å²) in [5.74, 6) is -1.38. The normalized spacial score (nSPS) is 15.4. The zero-order chi connectivity index (χ0) is 19.6. The molecule has 2 aromatic rings. The van der Waals surface area contributed by atoms with Gasteiger partial charge in [0.1, 0.15) is 9.24 Å². The van der Waals surface area contributed by atoms with Gasteiger partial charge < -0.3 is 9.73 Å². The predicted molar refractivity (Wildman–Crippen MR) is 105 cm³/mol. The van der Waals surface area contributed by atoms with Gasteiger partial charge in [0.05, 0.1) is 11.0 Å². The van der Waals surface area contributed by atoms with E-state index in [1.807, 2.05) is 6.92 Å². The Balaban J connectivity index is 1.69. The highest BCUT2D eigenvalue weighted by Gasteiger charge is 2.30. The fourth-order valence-corrected chi connectivity index (χ4v) is 3.71. The number of rotatable bonds is 5. The summed E-state index contributed by atoms with van der Waals surface area (Å²) in [6.45, 7) is 2.39. The quantitative estimate of drug-likeness (QED) is 0.351. The van der Waals surface area contributed by atoms with E-state index in [4.69, 9.17) is 16.6 Å². The van der Waals surface area contributed by atoms with E-state index in [0.717, 1.165) is 11.6 Å². The number of anilines is 1. The Kier molecular flexibility index (Phi) is 5.38. The van der Waals surface area contributed by atoms with Crippen molar-refractivity contribution < 1.29 is 18.9 Å². The summed E-state index contributed by atoms with van der Waals surface area (Å²) in [7, 11) is 0. The second kappa shape index (κ2) is 7.72. The van der Waals surface area contributed by atoms with Gasteiger partial charge in [-0.3, -0.25) is 24.6 Å². The molecule has 1 fully saturated rings. The highest BCUT2D eigenvalue weighted by Crippen LogP contribution is 2.32. The molecule has 10 heteroatoms. The third kappa shape index (κ3) is 4.07. The Morgan fingerprint density at radius 2 is 2.04 bits per heavy atom. The molecule has 0 bridgehead atoms. The van der Waals surface area contributed by atoms with E-state index in [0.29, 0.717) is 21.5 Å². The predicted octanol–water partition coefficient (Wildman–Crippen LogP) is 3.66. The second-order valence-electron chi connectivity index (χ2n) is 5.40. The van der Waals surface area contributed by atoms with Crippen molar-refractivity contribution in [2.24, 2.45) is 0 Å². The molecule has 8 nitrogen and oxygen atoms in total. The van der Waals surface area contributed by atoms with Gasteiger partial charge in [0.15, 0.2) is 5.76 Å². The van der Waals surface area contributed by atoms with Gasteiger partial charge in [0.25, 0.3) is 11.8 Å². The van der Waals surface area contributed by atoms with Gasteiger partial charge >= 0.3 is 5.88 Å². The first-order chi connectivity index (χ1) is 12.9. The zero-order valence-electron chi connectivity index (χ0n) is 14.0. The fraction of sp³-hybridized carbons (Fsp3) is 0.118. The average molecular weight is 403 g/mol. The summed E-state index contributed by atoms with van der Waals surface area (Å²) in [4.78, 5) is 36.2. The first-order valence-corrected chi connectivity index (χ1v) is 9.02. The van der Waals surface area contributed by atoms with Gasteiger partial charge in [-0.05, 0) is 36.8 Å². The topological polar surface area (TPSA) is 106 Å². The summed E-state index contributed by atoms with van der Waals surface area (Å²) in [6, 6.07) is 9.13. The molecule has 0 atom stereocenters. The van der Waals surface area contributed by atoms with Gasteiger partial charge in [0, 0.05) is 12.2 Å². The van der Waals surface area contributed by atoms with Crippen LogP contribution in [-0.2, 0) is 4.79 Å². The maximum absolute atomic E-state index is 12.2. The summed E-state index contributed by atoms with van der Waals surface area (Å²) < 4.78 is 5.39. The number of benzene rings is 1. The van der Waals surface area contributed by atoms with Crippen LogP contribution in [0.5, 0.6) is 0 Å². The number of amides is 2. The minimum absolute atomic E-state index is 0.121. The molecule has 1 aliphatic heterocycles. The SMILES string of the molecule is CCN1C(=O)/C(=C/c2ccc(NC(=O)c3ccc([N+](=O)[O-])o3)cc2)SC1=S. The number of hydrogen-bond donors (Lipinski definition) is 1. The van der Waals surface area contributed by atoms with Crippen LogP contribution in [0.25, 0.3) is 6.08 Å². The number of thioether (sulfide) groups is 1. The third-order valence-corrected chi connectivity index (χ3v) is 5.03. The first kappa shape index (κ1) is 18.8. The summed E-state index contributed by atoms with van der Waals surface area (Å²) >= 11 is 6.42. The highest BCUT2D eigenvalue weighted by atomic mass is 32.2. The molecule has 1 saturated heterocycles. The molecule has 2 heterocycles. The van der Waals surface area contributed by atoms with Gasteiger partial charge in [0.2, 0.25) is 0 Å². The van der Waals surface area contributed by atoms with Gasteiger partial charge in [-0.25, -0.2) is 0 Å². The van der Waals surface area contributed by atoms with Crippen LogP contribution in [0.4, 0.5) is 11.6 Å². The van der Waals surface area contributed by atoms with Crippen LogP contribution in [0, 0.1) is 10.1 Å². The number of carbonyl (C=O) groups excluding carboxylic acids is 2. The second-order valence-corrected chi connectivity index (χ2v) is 7.07. The smallest absolute Gasteiger partial charge is 0.395 e. The Morgan fingerprint density at radius 3 is 2.59 bits per heavy atom. The van der Waals surface area contributed by atoms with E-state index in [9.17, 15) is 19.7 Å². The summed E-state index contributed by atoms with van der Waals surface area (Å²) in [5.41, 5.74) is 1.26. The zero-order valence-corrected chi connectivity index (χ0v) is 15.6. The van der Waals surface area contributed by atoms with E-state index in [1.165, 1.54) is 22.7 Å². The molecule has 27 heavy (non-hydrogen) atoms. The van der Waals surface area contributed by atoms with Crippen molar-refractivity contribution in [2.45, 2.75) is 6.92 Å². The molecule has 1 aliphatic rings. The van der Waals surface area contributed by atoms with Crippen LogP contribution in [0.1, 0.15) is 23.0 Å². The highest BCUT2D eigenvalue weighted by molar-refractivity contribution is 8.26. The molecule has 0 spiro atoms. The molecular weight excluding hydrogens is 390 g/mol. The van der Waals surface area contributed by atoms with E-state index >= 15 is 0 Å². The lowest BCUT2D eigenvalue weighted by Crippen LogP contribution is -2.27. The van der Waals surface area contributed by atoms with Crippen LogP contribution in [-0.4, -0.2) is 32.5 Å². The Hall–Kier alpha value is -2.98. The molecular formula is C17H13N3O5S2. The standard InChI is InChI=1S/C17H13N3O5S2/c1-2-19-16(22)13(27-17(19)26)9-10-3-5-11(6-4-10)18-15(21)12-7-8-14(25-12)20(23)24/h3-9H,2H2,1H3,(H,18,21)/b13-9-. The molecule has 1 aromatic carbocycles. The molecule has 0 saturated carbocycles.